The van der Waals surface area contributed by atoms with E-state index < -0.39 is 11.9 Å². The van der Waals surface area contributed by atoms with Gasteiger partial charge in [-0.2, -0.15) is 0 Å². The molecule has 1 heterocycles. The molecule has 0 aliphatic rings. The zero-order chi connectivity index (χ0) is 11.4. The second-order valence-electron chi connectivity index (χ2n) is 3.18. The number of anilines is 1. The molecule has 1 rings (SSSR count). The standard InChI is InChI=1S/C9H12N2O4/c1-5(4-7(10)12)11-8-3-2-6(15-8)9(13)14/h2-3,5,11H,4H2,1H3,(H2,10,12)(H,13,14). The number of rotatable bonds is 5. The summed E-state index contributed by atoms with van der Waals surface area (Å²) in [5, 5.41) is 11.4. The van der Waals surface area contributed by atoms with Crippen molar-refractivity contribution in [2.75, 3.05) is 5.32 Å². The molecule has 0 radical (unpaired) electrons. The van der Waals surface area contributed by atoms with Gasteiger partial charge in [-0.05, 0) is 13.0 Å². The van der Waals surface area contributed by atoms with Crippen LogP contribution in [0.25, 0.3) is 0 Å². The number of carboxylic acids is 1. The smallest absolute Gasteiger partial charge is 0.371 e. The molecule has 1 unspecified atom stereocenters. The van der Waals surface area contributed by atoms with Gasteiger partial charge in [-0.3, -0.25) is 4.79 Å². The Hall–Kier alpha value is -1.98. The lowest BCUT2D eigenvalue weighted by atomic mass is 10.2. The third kappa shape index (κ3) is 3.34. The molecule has 1 aromatic rings. The first kappa shape index (κ1) is 11.1. The fourth-order valence-corrected chi connectivity index (χ4v) is 1.13. The zero-order valence-electron chi connectivity index (χ0n) is 8.19. The highest BCUT2D eigenvalue weighted by Gasteiger charge is 2.11. The summed E-state index contributed by atoms with van der Waals surface area (Å²) in [7, 11) is 0. The van der Waals surface area contributed by atoms with Crippen LogP contribution in [0.3, 0.4) is 0 Å². The molecule has 0 aliphatic heterocycles. The van der Waals surface area contributed by atoms with E-state index in [-0.39, 0.29) is 18.2 Å². The summed E-state index contributed by atoms with van der Waals surface area (Å²) in [5.74, 6) is -1.41. The molecule has 1 aromatic heterocycles. The maximum absolute atomic E-state index is 10.6. The third-order valence-corrected chi connectivity index (χ3v) is 1.71. The topological polar surface area (TPSA) is 106 Å². The number of hydrogen-bond donors (Lipinski definition) is 3. The molecule has 82 valence electrons. The van der Waals surface area contributed by atoms with E-state index in [0.29, 0.717) is 5.88 Å². The van der Waals surface area contributed by atoms with E-state index in [1.807, 2.05) is 0 Å². The Morgan fingerprint density at radius 1 is 1.60 bits per heavy atom. The van der Waals surface area contributed by atoms with Crippen molar-refractivity contribution in [1.29, 1.82) is 0 Å². The van der Waals surface area contributed by atoms with Gasteiger partial charge < -0.3 is 20.6 Å². The average molecular weight is 212 g/mol. The Balaban J connectivity index is 2.57. The van der Waals surface area contributed by atoms with Crippen molar-refractivity contribution in [2.45, 2.75) is 19.4 Å². The molecule has 6 heteroatoms. The minimum Gasteiger partial charge on any atom is -0.475 e. The monoisotopic (exact) mass is 212 g/mol. The van der Waals surface area contributed by atoms with Crippen LogP contribution in [0.4, 0.5) is 5.88 Å². The van der Waals surface area contributed by atoms with Crippen LogP contribution in [-0.2, 0) is 4.79 Å². The molecular formula is C9H12N2O4. The third-order valence-electron chi connectivity index (χ3n) is 1.71. The summed E-state index contributed by atoms with van der Waals surface area (Å²) < 4.78 is 4.93. The van der Waals surface area contributed by atoms with Crippen molar-refractivity contribution >= 4 is 17.8 Å². The lowest BCUT2D eigenvalue weighted by Crippen LogP contribution is -2.23. The van der Waals surface area contributed by atoms with Crippen molar-refractivity contribution in [1.82, 2.24) is 0 Å². The van der Waals surface area contributed by atoms with Gasteiger partial charge in [0, 0.05) is 18.5 Å². The fraction of sp³-hybridized carbons (Fsp3) is 0.333. The summed E-state index contributed by atoms with van der Waals surface area (Å²) in [5.41, 5.74) is 5.00. The van der Waals surface area contributed by atoms with Gasteiger partial charge in [0.1, 0.15) is 0 Å². The lowest BCUT2D eigenvalue weighted by molar-refractivity contribution is -0.118. The minimum atomic E-state index is -1.13. The molecule has 0 spiro atoms. The van der Waals surface area contributed by atoms with Crippen LogP contribution < -0.4 is 11.1 Å². The Labute approximate surface area is 86.1 Å². The van der Waals surface area contributed by atoms with Crippen LogP contribution in [-0.4, -0.2) is 23.0 Å². The number of aromatic carboxylic acids is 1. The lowest BCUT2D eigenvalue weighted by Gasteiger charge is -2.09. The fourth-order valence-electron chi connectivity index (χ4n) is 1.13. The van der Waals surface area contributed by atoms with E-state index in [9.17, 15) is 9.59 Å². The number of primary amides is 1. The van der Waals surface area contributed by atoms with Crippen molar-refractivity contribution in [3.63, 3.8) is 0 Å². The van der Waals surface area contributed by atoms with E-state index in [1.165, 1.54) is 12.1 Å². The van der Waals surface area contributed by atoms with E-state index >= 15 is 0 Å². The Morgan fingerprint density at radius 2 is 2.27 bits per heavy atom. The molecule has 0 bridgehead atoms. The highest BCUT2D eigenvalue weighted by atomic mass is 16.4. The Bertz CT molecular complexity index is 372. The van der Waals surface area contributed by atoms with Crippen LogP contribution in [0.2, 0.25) is 0 Å². The Morgan fingerprint density at radius 3 is 2.73 bits per heavy atom. The molecule has 1 atom stereocenters. The number of carbonyl (C=O) groups is 2. The summed E-state index contributed by atoms with van der Waals surface area (Å²) in [4.78, 5) is 21.1. The van der Waals surface area contributed by atoms with Crippen LogP contribution in [0.1, 0.15) is 23.9 Å². The highest BCUT2D eigenvalue weighted by Crippen LogP contribution is 2.14. The van der Waals surface area contributed by atoms with Gasteiger partial charge in [0.2, 0.25) is 11.7 Å². The van der Waals surface area contributed by atoms with Crippen molar-refractivity contribution < 1.29 is 19.1 Å². The predicted octanol–water partition coefficient (Wildman–Crippen LogP) is 0.654. The Kier molecular flexibility index (Phi) is 3.33. The maximum atomic E-state index is 10.6. The zero-order valence-corrected chi connectivity index (χ0v) is 8.19. The SMILES string of the molecule is CC(CC(N)=O)Nc1ccc(C(=O)O)o1. The van der Waals surface area contributed by atoms with Gasteiger partial charge in [-0.25, -0.2) is 4.79 Å². The molecule has 0 saturated carbocycles. The second kappa shape index (κ2) is 4.50. The summed E-state index contributed by atoms with van der Waals surface area (Å²) in [6, 6.07) is 2.62. The molecular weight excluding hydrogens is 200 g/mol. The van der Waals surface area contributed by atoms with Crippen LogP contribution >= 0.6 is 0 Å². The number of carbonyl (C=O) groups excluding carboxylic acids is 1. The first-order chi connectivity index (χ1) is 6.99. The van der Waals surface area contributed by atoms with Gasteiger partial charge in [-0.15, -0.1) is 0 Å². The van der Waals surface area contributed by atoms with Crippen LogP contribution in [0, 0.1) is 0 Å². The van der Waals surface area contributed by atoms with E-state index in [2.05, 4.69) is 5.32 Å². The molecule has 0 aromatic carbocycles. The summed E-state index contributed by atoms with van der Waals surface area (Å²) >= 11 is 0. The van der Waals surface area contributed by atoms with Crippen LogP contribution in [0.5, 0.6) is 0 Å². The number of carboxylic acid groups (broad SMARTS) is 1. The van der Waals surface area contributed by atoms with Gasteiger partial charge >= 0.3 is 5.97 Å². The van der Waals surface area contributed by atoms with Gasteiger partial charge in [0.15, 0.2) is 5.88 Å². The molecule has 1 amide bonds. The number of hydrogen-bond acceptors (Lipinski definition) is 4. The quantitative estimate of drug-likeness (QED) is 0.664. The molecule has 4 N–H and O–H groups in total. The van der Waals surface area contributed by atoms with Gasteiger partial charge in [0.05, 0.1) is 0 Å². The normalized spacial score (nSPS) is 12.1. The maximum Gasteiger partial charge on any atom is 0.371 e. The molecule has 6 nitrogen and oxygen atoms in total. The number of nitrogens with one attached hydrogen (secondary N) is 1. The van der Waals surface area contributed by atoms with Crippen LogP contribution in [0.15, 0.2) is 16.5 Å². The first-order valence-electron chi connectivity index (χ1n) is 4.37. The molecule has 0 fully saturated rings. The van der Waals surface area contributed by atoms with Gasteiger partial charge in [0.25, 0.3) is 0 Å². The van der Waals surface area contributed by atoms with E-state index in [0.717, 1.165) is 0 Å². The first-order valence-corrected chi connectivity index (χ1v) is 4.37. The number of amides is 1. The number of furan rings is 1. The predicted molar refractivity (Wildman–Crippen MR) is 52.6 cm³/mol. The largest absolute Gasteiger partial charge is 0.475 e. The second-order valence-corrected chi connectivity index (χ2v) is 3.18. The molecule has 15 heavy (non-hydrogen) atoms. The summed E-state index contributed by atoms with van der Waals surface area (Å²) in [6.07, 6.45) is 0.156. The average Bonchev–Trinajstić information content (AvgIpc) is 2.50. The number of nitrogens with two attached hydrogens (primary N) is 1. The molecule has 0 saturated heterocycles. The van der Waals surface area contributed by atoms with Gasteiger partial charge in [-0.1, -0.05) is 0 Å². The van der Waals surface area contributed by atoms with E-state index in [1.54, 1.807) is 6.92 Å². The van der Waals surface area contributed by atoms with Crippen molar-refractivity contribution in [2.24, 2.45) is 5.73 Å². The summed E-state index contributed by atoms with van der Waals surface area (Å²) in [6.45, 7) is 1.74. The highest BCUT2D eigenvalue weighted by molar-refractivity contribution is 5.84. The van der Waals surface area contributed by atoms with Crippen molar-refractivity contribution in [3.8, 4) is 0 Å². The minimum absolute atomic E-state index is 0.149. The van der Waals surface area contributed by atoms with Crippen molar-refractivity contribution in [3.05, 3.63) is 17.9 Å². The molecule has 0 aliphatic carbocycles. The van der Waals surface area contributed by atoms with E-state index in [4.69, 9.17) is 15.3 Å².